The second-order valence-electron chi connectivity index (χ2n) is 12.1. The number of carboxylic acids is 1. The van der Waals surface area contributed by atoms with Crippen LogP contribution in [0.1, 0.15) is 53.5 Å². The van der Waals surface area contributed by atoms with E-state index in [4.69, 9.17) is 0 Å². The van der Waals surface area contributed by atoms with Gasteiger partial charge >= 0.3 is 12.0 Å². The van der Waals surface area contributed by atoms with Crippen LogP contribution >= 0.6 is 0 Å². The van der Waals surface area contributed by atoms with Crippen molar-refractivity contribution in [1.82, 2.24) is 15.5 Å². The number of sulfonamides is 1. The van der Waals surface area contributed by atoms with Crippen LogP contribution in [-0.4, -0.2) is 73.3 Å². The van der Waals surface area contributed by atoms with E-state index in [-0.39, 0.29) is 35.5 Å². The smallest absolute Gasteiger partial charge is 0.331 e. The first-order chi connectivity index (χ1) is 22.4. The Hall–Kier alpha value is -5.38. The summed E-state index contributed by atoms with van der Waals surface area (Å²) in [5.41, 5.74) is -1.41. The molecule has 1 atom stereocenters. The van der Waals surface area contributed by atoms with Crippen LogP contribution in [-0.2, 0) is 26.0 Å². The molecule has 1 aliphatic heterocycles. The van der Waals surface area contributed by atoms with Crippen molar-refractivity contribution in [3.63, 3.8) is 0 Å². The van der Waals surface area contributed by atoms with Crippen molar-refractivity contribution >= 4 is 51.1 Å². The van der Waals surface area contributed by atoms with Crippen LogP contribution in [0.3, 0.4) is 0 Å². The van der Waals surface area contributed by atoms with Gasteiger partial charge in [-0.15, -0.1) is 0 Å². The van der Waals surface area contributed by atoms with E-state index < -0.39 is 74.2 Å². The van der Waals surface area contributed by atoms with E-state index in [9.17, 15) is 37.5 Å². The van der Waals surface area contributed by atoms with Crippen LogP contribution in [0.25, 0.3) is 0 Å². The highest BCUT2D eigenvalue weighted by molar-refractivity contribution is 7.92. The predicted octanol–water partition coefficient (Wildman–Crippen LogP) is 3.51. The highest BCUT2D eigenvalue weighted by Crippen LogP contribution is 2.24. The molecule has 13 nitrogen and oxygen atoms in total. The van der Waals surface area contributed by atoms with E-state index in [1.165, 1.54) is 41.3 Å². The number of aliphatic carboxylic acids is 1. The van der Waals surface area contributed by atoms with Crippen molar-refractivity contribution in [2.24, 2.45) is 0 Å². The summed E-state index contributed by atoms with van der Waals surface area (Å²) >= 11 is 0. The summed E-state index contributed by atoms with van der Waals surface area (Å²) in [5, 5.41) is 14.5. The molecule has 0 radical (unpaired) electrons. The summed E-state index contributed by atoms with van der Waals surface area (Å²) in [6, 6.07) is 9.55. The van der Waals surface area contributed by atoms with Crippen molar-refractivity contribution < 1.29 is 46.3 Å². The molecular formula is C32H33F2N5O8S. The molecule has 1 fully saturated rings. The molecule has 0 unspecified atom stereocenters. The Kier molecular flexibility index (Phi) is 10.2. The number of amides is 5. The molecule has 4 N–H and O–H groups in total. The van der Waals surface area contributed by atoms with E-state index in [0.717, 1.165) is 17.0 Å². The van der Waals surface area contributed by atoms with Gasteiger partial charge in [0.1, 0.15) is 23.2 Å². The summed E-state index contributed by atoms with van der Waals surface area (Å²) in [6.07, 6.45) is -0.189. The number of benzene rings is 3. The summed E-state index contributed by atoms with van der Waals surface area (Å²) < 4.78 is 57.8. The van der Waals surface area contributed by atoms with Crippen LogP contribution < -0.4 is 20.3 Å². The maximum absolute atomic E-state index is 15.0. The maximum atomic E-state index is 15.0. The quantitative estimate of drug-likeness (QED) is 0.250. The first-order valence-electron chi connectivity index (χ1n) is 14.5. The molecule has 3 aromatic carbocycles. The Balaban J connectivity index is 1.45. The number of urea groups is 1. The summed E-state index contributed by atoms with van der Waals surface area (Å²) in [7, 11) is -2.83. The molecule has 1 saturated heterocycles. The number of carboxylic acid groups (broad SMARTS) is 1. The molecule has 0 bridgehead atoms. The van der Waals surface area contributed by atoms with Gasteiger partial charge in [0.25, 0.3) is 21.8 Å². The van der Waals surface area contributed by atoms with Crippen LogP contribution in [0.15, 0.2) is 65.6 Å². The second kappa shape index (κ2) is 13.8. The van der Waals surface area contributed by atoms with Gasteiger partial charge < -0.3 is 20.6 Å². The standard InChI is InChI=1S/C32H33F2N5O8S/c1-32(2,3)36-28(41)19-7-11-22(12-8-19)48(46,47)37-20-16-23(33)27(24(34)17-20)29(42)35-25(30(43)44)15-18-5-9-21(10-6-18)39-26(40)13-14-38(4)31(39)45/h5-12,16-17,25,37H,13-15H2,1-4H3,(H,35,42)(H,36,41)(H,43,44)/t25-/m0/s1. The lowest BCUT2D eigenvalue weighted by atomic mass is 10.0. The normalized spacial score (nSPS) is 14.4. The highest BCUT2D eigenvalue weighted by Gasteiger charge is 2.31. The van der Waals surface area contributed by atoms with Gasteiger partial charge in [-0.25, -0.2) is 31.7 Å². The number of rotatable bonds is 10. The first-order valence-corrected chi connectivity index (χ1v) is 16.0. The number of halogens is 2. The Morgan fingerprint density at radius 3 is 2.06 bits per heavy atom. The zero-order valence-electron chi connectivity index (χ0n) is 26.3. The average molecular weight is 686 g/mol. The van der Waals surface area contributed by atoms with Crippen molar-refractivity contribution in [2.75, 3.05) is 23.2 Å². The van der Waals surface area contributed by atoms with E-state index in [0.29, 0.717) is 17.7 Å². The molecule has 0 saturated carbocycles. The van der Waals surface area contributed by atoms with E-state index in [1.807, 2.05) is 4.72 Å². The lowest BCUT2D eigenvalue weighted by Gasteiger charge is -2.31. The molecule has 3 aromatic rings. The molecule has 0 aromatic heterocycles. The number of hydrogen-bond acceptors (Lipinski definition) is 7. The van der Waals surface area contributed by atoms with Crippen LogP contribution in [0, 0.1) is 11.6 Å². The van der Waals surface area contributed by atoms with Crippen LogP contribution in [0.2, 0.25) is 0 Å². The molecule has 16 heteroatoms. The van der Waals surface area contributed by atoms with Gasteiger partial charge in [-0.3, -0.25) is 19.1 Å². The molecule has 0 aliphatic carbocycles. The molecule has 5 amide bonds. The largest absolute Gasteiger partial charge is 0.480 e. The number of nitrogens with one attached hydrogen (secondary N) is 3. The van der Waals surface area contributed by atoms with Gasteiger partial charge in [0.15, 0.2) is 0 Å². The zero-order chi connectivity index (χ0) is 35.6. The molecule has 4 rings (SSSR count). The minimum Gasteiger partial charge on any atom is -0.480 e. The van der Waals surface area contributed by atoms with Crippen molar-refractivity contribution in [3.05, 3.63) is 89.0 Å². The van der Waals surface area contributed by atoms with Crippen molar-refractivity contribution in [3.8, 4) is 0 Å². The summed E-state index contributed by atoms with van der Waals surface area (Å²) in [4.78, 5) is 63.8. The molecular weight excluding hydrogens is 652 g/mol. The average Bonchev–Trinajstić information content (AvgIpc) is 2.98. The Bertz CT molecular complexity index is 1850. The zero-order valence-corrected chi connectivity index (χ0v) is 27.2. The Morgan fingerprint density at radius 2 is 1.52 bits per heavy atom. The third-order valence-electron chi connectivity index (χ3n) is 7.10. The minimum atomic E-state index is -4.38. The van der Waals surface area contributed by atoms with Crippen molar-refractivity contribution in [1.29, 1.82) is 0 Å². The van der Waals surface area contributed by atoms with Gasteiger partial charge in [-0.2, -0.15) is 0 Å². The predicted molar refractivity (Wildman–Crippen MR) is 170 cm³/mol. The molecule has 1 heterocycles. The van der Waals surface area contributed by atoms with Gasteiger partial charge in [0.05, 0.1) is 16.3 Å². The van der Waals surface area contributed by atoms with Gasteiger partial charge in [0.2, 0.25) is 5.91 Å². The third kappa shape index (κ3) is 8.31. The fraction of sp³-hybridized carbons (Fsp3) is 0.281. The first kappa shape index (κ1) is 35.5. The number of hydrogen-bond donors (Lipinski definition) is 4. The molecule has 48 heavy (non-hydrogen) atoms. The van der Waals surface area contributed by atoms with E-state index >= 15 is 8.78 Å². The third-order valence-corrected chi connectivity index (χ3v) is 8.50. The maximum Gasteiger partial charge on any atom is 0.331 e. The van der Waals surface area contributed by atoms with Crippen LogP contribution in [0.5, 0.6) is 0 Å². The fourth-order valence-corrected chi connectivity index (χ4v) is 5.75. The Morgan fingerprint density at radius 1 is 0.938 bits per heavy atom. The number of carbonyl (C=O) groups excluding carboxylic acids is 4. The Labute approximate surface area is 275 Å². The SMILES string of the molecule is CN1CCC(=O)N(c2ccc(C[C@H](NC(=O)c3c(F)cc(NS(=O)(=O)c4ccc(C(=O)NC(C)(C)C)cc4)cc3F)C(=O)O)cc2)C1=O. The highest BCUT2D eigenvalue weighted by atomic mass is 32.2. The number of imide groups is 1. The van der Waals surface area contributed by atoms with E-state index in [1.54, 1.807) is 27.8 Å². The molecule has 254 valence electrons. The number of anilines is 2. The lowest BCUT2D eigenvalue weighted by Crippen LogP contribution is -2.50. The second-order valence-corrected chi connectivity index (χ2v) is 13.7. The lowest BCUT2D eigenvalue weighted by molar-refractivity contribution is -0.139. The molecule has 0 spiro atoms. The molecule has 1 aliphatic rings. The summed E-state index contributed by atoms with van der Waals surface area (Å²) in [5.74, 6) is -6.68. The number of nitrogens with zero attached hydrogens (tertiary/aromatic N) is 2. The fourth-order valence-electron chi connectivity index (χ4n) is 4.71. The van der Waals surface area contributed by atoms with Gasteiger partial charge in [0, 0.05) is 37.5 Å². The minimum absolute atomic E-state index is 0.129. The van der Waals surface area contributed by atoms with Crippen molar-refractivity contribution in [2.45, 2.75) is 50.1 Å². The topological polar surface area (TPSA) is 182 Å². The number of carbonyl (C=O) groups is 5. The van der Waals surface area contributed by atoms with Gasteiger partial charge in [-0.1, -0.05) is 12.1 Å². The van der Waals surface area contributed by atoms with Crippen LogP contribution in [0.4, 0.5) is 25.0 Å². The van der Waals surface area contributed by atoms with E-state index in [2.05, 4.69) is 10.6 Å². The van der Waals surface area contributed by atoms with Gasteiger partial charge in [-0.05, 0) is 74.9 Å². The summed E-state index contributed by atoms with van der Waals surface area (Å²) in [6.45, 7) is 5.60. The monoisotopic (exact) mass is 685 g/mol.